The molecule has 0 bridgehead atoms. The van der Waals surface area contributed by atoms with E-state index in [0.717, 1.165) is 36.9 Å². The summed E-state index contributed by atoms with van der Waals surface area (Å²) < 4.78 is 0. The third-order valence-electron chi connectivity index (χ3n) is 3.64. The zero-order chi connectivity index (χ0) is 15.7. The summed E-state index contributed by atoms with van der Waals surface area (Å²) in [6.07, 6.45) is 7.43. The van der Waals surface area contributed by atoms with Crippen molar-refractivity contribution in [2.24, 2.45) is 5.92 Å². The fourth-order valence-electron chi connectivity index (χ4n) is 2.41. The highest BCUT2D eigenvalue weighted by Gasteiger charge is 2.11. The van der Waals surface area contributed by atoms with Gasteiger partial charge < -0.3 is 10.6 Å². The molecule has 0 saturated heterocycles. The minimum atomic E-state index is 0.447. The Hall–Kier alpha value is -1.32. The quantitative estimate of drug-likeness (QED) is 0.667. The summed E-state index contributed by atoms with van der Waals surface area (Å²) >= 11 is 0. The van der Waals surface area contributed by atoms with E-state index >= 15 is 0 Å². The predicted molar refractivity (Wildman–Crippen MR) is 92.0 cm³/mol. The van der Waals surface area contributed by atoms with Crippen molar-refractivity contribution in [3.63, 3.8) is 0 Å². The lowest BCUT2D eigenvalue weighted by Gasteiger charge is -2.19. The zero-order valence-electron chi connectivity index (χ0n) is 14.4. The van der Waals surface area contributed by atoms with Crippen LogP contribution in [-0.4, -0.2) is 22.6 Å². The molecule has 0 aliphatic heterocycles. The molecule has 120 valence electrons. The second-order valence-electron chi connectivity index (χ2n) is 6.20. The molecule has 1 aromatic heterocycles. The van der Waals surface area contributed by atoms with Gasteiger partial charge >= 0.3 is 0 Å². The maximum Gasteiger partial charge on any atom is 0.134 e. The Morgan fingerprint density at radius 3 is 2.38 bits per heavy atom. The van der Waals surface area contributed by atoms with E-state index in [4.69, 9.17) is 0 Å². The molecule has 0 fully saturated rings. The Morgan fingerprint density at radius 1 is 1.05 bits per heavy atom. The molecule has 1 aromatic rings. The topological polar surface area (TPSA) is 49.8 Å². The van der Waals surface area contributed by atoms with E-state index in [-0.39, 0.29) is 0 Å². The molecule has 0 radical (unpaired) electrons. The minimum Gasteiger partial charge on any atom is -0.370 e. The van der Waals surface area contributed by atoms with Crippen molar-refractivity contribution in [2.45, 2.75) is 72.8 Å². The van der Waals surface area contributed by atoms with Crippen LogP contribution in [0.15, 0.2) is 6.33 Å². The van der Waals surface area contributed by atoms with Gasteiger partial charge in [0.05, 0.1) is 0 Å². The molecule has 1 atom stereocenters. The van der Waals surface area contributed by atoms with Crippen LogP contribution in [0.2, 0.25) is 0 Å². The molecule has 1 unspecified atom stereocenters. The van der Waals surface area contributed by atoms with Crippen LogP contribution in [-0.2, 0) is 6.42 Å². The van der Waals surface area contributed by atoms with Crippen molar-refractivity contribution in [1.82, 2.24) is 9.97 Å². The highest BCUT2D eigenvalue weighted by atomic mass is 15.1. The fourth-order valence-corrected chi connectivity index (χ4v) is 2.41. The first-order chi connectivity index (χ1) is 10.1. The summed E-state index contributed by atoms with van der Waals surface area (Å²) in [6, 6.07) is 0.447. The molecule has 4 heteroatoms. The average Bonchev–Trinajstić information content (AvgIpc) is 2.44. The van der Waals surface area contributed by atoms with Crippen LogP contribution in [0.25, 0.3) is 0 Å². The van der Waals surface area contributed by atoms with E-state index in [0.29, 0.717) is 6.04 Å². The second-order valence-corrected chi connectivity index (χ2v) is 6.20. The highest BCUT2D eigenvalue weighted by Crippen LogP contribution is 2.22. The maximum absolute atomic E-state index is 4.44. The molecule has 4 nitrogen and oxygen atoms in total. The van der Waals surface area contributed by atoms with Gasteiger partial charge in [-0.1, -0.05) is 40.5 Å². The summed E-state index contributed by atoms with van der Waals surface area (Å²) in [4.78, 5) is 8.82. The van der Waals surface area contributed by atoms with Gasteiger partial charge in [0.15, 0.2) is 0 Å². The average molecular weight is 292 g/mol. The van der Waals surface area contributed by atoms with Gasteiger partial charge in [0.25, 0.3) is 0 Å². The van der Waals surface area contributed by atoms with Crippen LogP contribution in [0, 0.1) is 5.92 Å². The molecule has 0 aromatic carbocycles. The number of nitrogens with one attached hydrogen (secondary N) is 2. The van der Waals surface area contributed by atoms with Crippen LogP contribution in [0.4, 0.5) is 11.6 Å². The predicted octanol–water partition coefficient (Wildman–Crippen LogP) is 4.49. The van der Waals surface area contributed by atoms with Gasteiger partial charge in [-0.15, -0.1) is 0 Å². The largest absolute Gasteiger partial charge is 0.370 e. The smallest absolute Gasteiger partial charge is 0.134 e. The summed E-state index contributed by atoms with van der Waals surface area (Å²) in [7, 11) is 0. The van der Waals surface area contributed by atoms with Crippen molar-refractivity contribution in [2.75, 3.05) is 17.2 Å². The minimum absolute atomic E-state index is 0.447. The lowest BCUT2D eigenvalue weighted by Crippen LogP contribution is -2.18. The first-order valence-corrected chi connectivity index (χ1v) is 8.42. The van der Waals surface area contributed by atoms with Gasteiger partial charge in [0, 0.05) is 18.2 Å². The SMILES string of the molecule is CCCNc1ncnc(NC(C)CCCC(C)C)c1CC. The molecule has 21 heavy (non-hydrogen) atoms. The molecule has 0 amide bonds. The second kappa shape index (κ2) is 9.59. The number of nitrogens with zero attached hydrogens (tertiary/aromatic N) is 2. The Kier molecular flexibility index (Phi) is 8.09. The normalized spacial score (nSPS) is 12.5. The number of anilines is 2. The van der Waals surface area contributed by atoms with Crippen LogP contribution >= 0.6 is 0 Å². The lowest BCUT2D eigenvalue weighted by atomic mass is 10.0. The van der Waals surface area contributed by atoms with Crippen LogP contribution in [0.3, 0.4) is 0 Å². The van der Waals surface area contributed by atoms with Gasteiger partial charge in [-0.3, -0.25) is 0 Å². The van der Waals surface area contributed by atoms with Crippen LogP contribution in [0.1, 0.15) is 65.9 Å². The first kappa shape index (κ1) is 17.7. The van der Waals surface area contributed by atoms with E-state index < -0.39 is 0 Å². The lowest BCUT2D eigenvalue weighted by molar-refractivity contribution is 0.520. The summed E-state index contributed by atoms with van der Waals surface area (Å²) in [6.45, 7) is 12.1. The number of hydrogen-bond acceptors (Lipinski definition) is 4. The van der Waals surface area contributed by atoms with Gasteiger partial charge in [0.2, 0.25) is 0 Å². The van der Waals surface area contributed by atoms with Gasteiger partial charge in [-0.25, -0.2) is 9.97 Å². The molecular weight excluding hydrogens is 260 g/mol. The Balaban J connectivity index is 2.64. The third-order valence-corrected chi connectivity index (χ3v) is 3.64. The van der Waals surface area contributed by atoms with E-state index in [1.54, 1.807) is 6.33 Å². The van der Waals surface area contributed by atoms with Crippen molar-refractivity contribution in [3.05, 3.63) is 11.9 Å². The van der Waals surface area contributed by atoms with E-state index in [9.17, 15) is 0 Å². The van der Waals surface area contributed by atoms with Crippen molar-refractivity contribution in [3.8, 4) is 0 Å². The first-order valence-electron chi connectivity index (χ1n) is 8.42. The number of aromatic nitrogens is 2. The highest BCUT2D eigenvalue weighted by molar-refractivity contribution is 5.57. The molecule has 0 spiro atoms. The van der Waals surface area contributed by atoms with E-state index in [1.165, 1.54) is 24.8 Å². The molecule has 1 heterocycles. The van der Waals surface area contributed by atoms with E-state index in [2.05, 4.69) is 55.2 Å². The van der Waals surface area contributed by atoms with Gasteiger partial charge in [-0.2, -0.15) is 0 Å². The van der Waals surface area contributed by atoms with Gasteiger partial charge in [0.1, 0.15) is 18.0 Å². The van der Waals surface area contributed by atoms with Crippen molar-refractivity contribution < 1.29 is 0 Å². The van der Waals surface area contributed by atoms with Crippen molar-refractivity contribution in [1.29, 1.82) is 0 Å². The Morgan fingerprint density at radius 2 is 1.76 bits per heavy atom. The monoisotopic (exact) mass is 292 g/mol. The summed E-state index contributed by atoms with van der Waals surface area (Å²) in [5.41, 5.74) is 1.20. The Labute approximate surface area is 130 Å². The maximum atomic E-state index is 4.44. The molecule has 0 saturated carbocycles. The number of hydrogen-bond donors (Lipinski definition) is 2. The molecular formula is C17H32N4. The number of rotatable bonds is 10. The van der Waals surface area contributed by atoms with Gasteiger partial charge in [-0.05, 0) is 32.1 Å². The molecule has 2 N–H and O–H groups in total. The van der Waals surface area contributed by atoms with Crippen LogP contribution in [0.5, 0.6) is 0 Å². The van der Waals surface area contributed by atoms with Crippen molar-refractivity contribution >= 4 is 11.6 Å². The van der Waals surface area contributed by atoms with E-state index in [1.807, 2.05) is 0 Å². The Bertz CT molecular complexity index is 404. The molecule has 0 aliphatic rings. The molecule has 1 rings (SSSR count). The summed E-state index contributed by atoms with van der Waals surface area (Å²) in [5, 5.41) is 6.96. The standard InChI is InChI=1S/C17H32N4/c1-6-11-18-16-15(7-2)17(20-12-19-16)21-14(5)10-8-9-13(3)4/h12-14H,6-11H2,1-5H3,(H2,18,19,20,21). The summed E-state index contributed by atoms with van der Waals surface area (Å²) in [5.74, 6) is 2.75. The molecule has 0 aliphatic carbocycles. The van der Waals surface area contributed by atoms with Crippen LogP contribution < -0.4 is 10.6 Å². The zero-order valence-corrected chi connectivity index (χ0v) is 14.4. The fraction of sp³-hybridized carbons (Fsp3) is 0.765. The third kappa shape index (κ3) is 6.32.